The third-order valence-corrected chi connectivity index (χ3v) is 3.55. The van der Waals surface area contributed by atoms with Gasteiger partial charge in [0, 0.05) is 22.4 Å². The van der Waals surface area contributed by atoms with Crippen LogP contribution in [0.2, 0.25) is 0 Å². The molecule has 18 heavy (non-hydrogen) atoms. The van der Waals surface area contributed by atoms with Gasteiger partial charge in [0.1, 0.15) is 6.10 Å². The highest BCUT2D eigenvalue weighted by atomic mass is 32.1. The summed E-state index contributed by atoms with van der Waals surface area (Å²) >= 11 is 1.59. The minimum Gasteiger partial charge on any atom is -0.366 e. The van der Waals surface area contributed by atoms with Crippen molar-refractivity contribution in [3.8, 4) is 0 Å². The highest BCUT2D eigenvalue weighted by Crippen LogP contribution is 2.24. The first-order valence-corrected chi connectivity index (χ1v) is 6.86. The fourth-order valence-electron chi connectivity index (χ4n) is 1.84. The van der Waals surface area contributed by atoms with Crippen LogP contribution in [0, 0.1) is 6.92 Å². The van der Waals surface area contributed by atoms with Crippen molar-refractivity contribution in [2.24, 2.45) is 0 Å². The van der Waals surface area contributed by atoms with Crippen LogP contribution in [0.15, 0.2) is 41.8 Å². The van der Waals surface area contributed by atoms with Crippen LogP contribution in [0.1, 0.15) is 33.8 Å². The van der Waals surface area contributed by atoms with E-state index in [1.807, 2.05) is 55.6 Å². The molecule has 2 aromatic rings. The van der Waals surface area contributed by atoms with E-state index < -0.39 is 6.10 Å². The molecule has 1 heterocycles. The van der Waals surface area contributed by atoms with Crippen molar-refractivity contribution in [1.29, 1.82) is 0 Å². The van der Waals surface area contributed by atoms with Crippen molar-refractivity contribution >= 4 is 17.1 Å². The first-order valence-electron chi connectivity index (χ1n) is 5.98. The van der Waals surface area contributed by atoms with Gasteiger partial charge in [-0.25, -0.2) is 0 Å². The number of aryl methyl sites for hydroxylation is 1. The lowest BCUT2D eigenvalue weighted by Crippen LogP contribution is -2.15. The Hall–Kier alpha value is -1.45. The number of thiophene rings is 1. The average Bonchev–Trinajstić information content (AvgIpc) is 2.83. The van der Waals surface area contributed by atoms with Gasteiger partial charge >= 0.3 is 0 Å². The summed E-state index contributed by atoms with van der Waals surface area (Å²) in [6.07, 6.45) is -0.495. The Kier molecular flexibility index (Phi) is 4.28. The molecule has 2 rings (SSSR count). The van der Waals surface area contributed by atoms with Gasteiger partial charge in [-0.05, 0) is 25.5 Å². The summed E-state index contributed by atoms with van der Waals surface area (Å²) in [4.78, 5) is 13.6. The van der Waals surface area contributed by atoms with Gasteiger partial charge in [0.05, 0.1) is 0 Å². The molecule has 0 fully saturated rings. The smallest absolute Gasteiger partial charge is 0.196 e. The first-order chi connectivity index (χ1) is 8.72. The van der Waals surface area contributed by atoms with Gasteiger partial charge < -0.3 is 4.74 Å². The van der Waals surface area contributed by atoms with E-state index in [0.29, 0.717) is 6.61 Å². The molecule has 1 aromatic heterocycles. The molecule has 1 unspecified atom stereocenters. The van der Waals surface area contributed by atoms with Crippen LogP contribution in [0.25, 0.3) is 0 Å². The van der Waals surface area contributed by atoms with Crippen LogP contribution in [-0.2, 0) is 4.74 Å². The molecule has 0 amide bonds. The molecule has 0 bridgehead atoms. The first kappa shape index (κ1) is 13.0. The molecule has 2 nitrogen and oxygen atoms in total. The number of carbonyl (C=O) groups is 1. The summed E-state index contributed by atoms with van der Waals surface area (Å²) in [6, 6.07) is 11.6. The van der Waals surface area contributed by atoms with Crippen LogP contribution in [-0.4, -0.2) is 12.4 Å². The molecular formula is C15H16O2S. The quantitative estimate of drug-likeness (QED) is 0.759. The van der Waals surface area contributed by atoms with Crippen LogP contribution in [0.3, 0.4) is 0 Å². The standard InChI is InChI=1S/C15H16O2S/c1-3-17-15(12-7-5-4-6-8-12)14(16)13-9-11(2)18-10-13/h4-10,15H,3H2,1-2H3. The molecule has 0 spiro atoms. The maximum atomic E-state index is 12.4. The molecular weight excluding hydrogens is 244 g/mol. The predicted octanol–water partition coefficient (Wildman–Crippen LogP) is 4.02. The molecule has 94 valence electrons. The average molecular weight is 260 g/mol. The molecule has 1 aromatic carbocycles. The second-order valence-corrected chi connectivity index (χ2v) is 5.17. The normalized spacial score (nSPS) is 12.3. The number of hydrogen-bond acceptors (Lipinski definition) is 3. The molecule has 0 aliphatic carbocycles. The van der Waals surface area contributed by atoms with Gasteiger partial charge in [0.2, 0.25) is 0 Å². The molecule has 0 saturated heterocycles. The number of carbonyl (C=O) groups excluding carboxylic acids is 1. The van der Waals surface area contributed by atoms with Crippen LogP contribution < -0.4 is 0 Å². The van der Waals surface area contributed by atoms with Gasteiger partial charge in [-0.1, -0.05) is 30.3 Å². The Morgan fingerprint density at radius 2 is 2.06 bits per heavy atom. The fraction of sp³-hybridized carbons (Fsp3) is 0.267. The lowest BCUT2D eigenvalue weighted by molar-refractivity contribution is 0.0453. The lowest BCUT2D eigenvalue weighted by atomic mass is 10.0. The Labute approximate surface area is 111 Å². The van der Waals surface area contributed by atoms with Crippen LogP contribution in [0.4, 0.5) is 0 Å². The van der Waals surface area contributed by atoms with E-state index in [1.54, 1.807) is 11.3 Å². The van der Waals surface area contributed by atoms with Crippen LogP contribution in [0.5, 0.6) is 0 Å². The zero-order chi connectivity index (χ0) is 13.0. The van der Waals surface area contributed by atoms with E-state index in [0.717, 1.165) is 16.0 Å². The topological polar surface area (TPSA) is 26.3 Å². The maximum Gasteiger partial charge on any atom is 0.196 e. The zero-order valence-electron chi connectivity index (χ0n) is 10.6. The zero-order valence-corrected chi connectivity index (χ0v) is 11.4. The van der Waals surface area contributed by atoms with Crippen molar-refractivity contribution in [3.63, 3.8) is 0 Å². The minimum atomic E-state index is -0.495. The lowest BCUT2D eigenvalue weighted by Gasteiger charge is -2.15. The van der Waals surface area contributed by atoms with Gasteiger partial charge in [-0.15, -0.1) is 11.3 Å². The van der Waals surface area contributed by atoms with E-state index >= 15 is 0 Å². The Balaban J connectivity index is 2.28. The fourth-order valence-corrected chi connectivity index (χ4v) is 2.53. The third kappa shape index (κ3) is 2.86. The third-order valence-electron chi connectivity index (χ3n) is 2.69. The SMILES string of the molecule is CCOC(C(=O)c1csc(C)c1)c1ccccc1. The van der Waals surface area contributed by atoms with Crippen molar-refractivity contribution in [1.82, 2.24) is 0 Å². The number of hydrogen-bond donors (Lipinski definition) is 0. The Bertz CT molecular complexity index is 516. The van der Waals surface area contributed by atoms with E-state index in [-0.39, 0.29) is 5.78 Å². The summed E-state index contributed by atoms with van der Waals surface area (Å²) in [6.45, 7) is 4.43. The van der Waals surface area contributed by atoms with Crippen molar-refractivity contribution in [3.05, 3.63) is 57.8 Å². The van der Waals surface area contributed by atoms with Crippen molar-refractivity contribution < 1.29 is 9.53 Å². The Morgan fingerprint density at radius 1 is 1.33 bits per heavy atom. The summed E-state index contributed by atoms with van der Waals surface area (Å²) in [7, 11) is 0. The van der Waals surface area contributed by atoms with Gasteiger partial charge in [0.25, 0.3) is 0 Å². The van der Waals surface area contributed by atoms with E-state index in [2.05, 4.69) is 0 Å². The monoisotopic (exact) mass is 260 g/mol. The largest absolute Gasteiger partial charge is 0.366 e. The van der Waals surface area contributed by atoms with Gasteiger partial charge in [-0.2, -0.15) is 0 Å². The number of ether oxygens (including phenoxy) is 1. The highest BCUT2D eigenvalue weighted by molar-refractivity contribution is 7.10. The molecule has 0 aliphatic rings. The van der Waals surface area contributed by atoms with Crippen molar-refractivity contribution in [2.45, 2.75) is 20.0 Å². The number of Topliss-reactive ketones (excluding diaryl/α,β-unsaturated/α-hetero) is 1. The van der Waals surface area contributed by atoms with E-state index in [9.17, 15) is 4.79 Å². The summed E-state index contributed by atoms with van der Waals surface area (Å²) in [5, 5.41) is 1.90. The maximum absolute atomic E-state index is 12.4. The Morgan fingerprint density at radius 3 is 2.61 bits per heavy atom. The highest BCUT2D eigenvalue weighted by Gasteiger charge is 2.22. The van der Waals surface area contributed by atoms with Gasteiger partial charge in [0.15, 0.2) is 5.78 Å². The van der Waals surface area contributed by atoms with Crippen molar-refractivity contribution in [2.75, 3.05) is 6.61 Å². The summed E-state index contributed by atoms with van der Waals surface area (Å²) < 4.78 is 5.61. The molecule has 0 radical (unpaired) electrons. The minimum absolute atomic E-state index is 0.0346. The number of benzene rings is 1. The molecule has 0 N–H and O–H groups in total. The van der Waals surface area contributed by atoms with E-state index in [4.69, 9.17) is 4.74 Å². The molecule has 1 atom stereocenters. The van der Waals surface area contributed by atoms with Gasteiger partial charge in [-0.3, -0.25) is 4.79 Å². The summed E-state index contributed by atoms with van der Waals surface area (Å²) in [5.74, 6) is 0.0346. The number of ketones is 1. The second-order valence-electron chi connectivity index (χ2n) is 4.06. The molecule has 0 saturated carbocycles. The predicted molar refractivity (Wildman–Crippen MR) is 74.2 cm³/mol. The van der Waals surface area contributed by atoms with Crippen LogP contribution >= 0.6 is 11.3 Å². The molecule has 0 aliphatic heterocycles. The van der Waals surface area contributed by atoms with E-state index in [1.165, 1.54) is 0 Å². The number of rotatable bonds is 5. The second kappa shape index (κ2) is 5.94. The molecule has 3 heteroatoms. The summed E-state index contributed by atoms with van der Waals surface area (Å²) in [5.41, 5.74) is 1.65.